The largest absolute Gasteiger partial charge is 0.496 e. The van der Waals surface area contributed by atoms with Crippen LogP contribution in [-0.2, 0) is 11.2 Å². The monoisotopic (exact) mass is 263 g/mol. The molecule has 0 heterocycles. The highest BCUT2D eigenvalue weighted by atomic mass is 16.5. The van der Waals surface area contributed by atoms with Crippen molar-refractivity contribution < 1.29 is 14.3 Å². The molecule has 0 saturated carbocycles. The fourth-order valence-corrected chi connectivity index (χ4v) is 1.83. The second-order valence-corrected chi connectivity index (χ2v) is 4.35. The van der Waals surface area contributed by atoms with Gasteiger partial charge < -0.3 is 14.8 Å². The van der Waals surface area contributed by atoms with Gasteiger partial charge in [-0.05, 0) is 37.1 Å². The second-order valence-electron chi connectivity index (χ2n) is 4.35. The van der Waals surface area contributed by atoms with Crippen molar-refractivity contribution >= 4 is 5.91 Å². The van der Waals surface area contributed by atoms with Crippen LogP contribution in [0.1, 0.15) is 22.8 Å². The predicted octanol–water partition coefficient (Wildman–Crippen LogP) is 2.19. The minimum absolute atomic E-state index is 0.0255. The average Bonchev–Trinajstić information content (AvgIpc) is 2.39. The summed E-state index contributed by atoms with van der Waals surface area (Å²) in [6.45, 7) is 6.09. The summed E-state index contributed by atoms with van der Waals surface area (Å²) in [6, 6.07) is 5.35. The average molecular weight is 263 g/mol. The quantitative estimate of drug-likeness (QED) is 0.767. The molecular formula is C15H21NO3. The number of rotatable bonds is 7. The number of ether oxygens (including phenoxy) is 2. The number of carbonyl (C=O) groups is 1. The van der Waals surface area contributed by atoms with Gasteiger partial charge in [-0.1, -0.05) is 6.08 Å². The smallest absolute Gasteiger partial charge is 0.251 e. The first-order valence-corrected chi connectivity index (χ1v) is 6.20. The van der Waals surface area contributed by atoms with Gasteiger partial charge in [-0.25, -0.2) is 0 Å². The van der Waals surface area contributed by atoms with Crippen molar-refractivity contribution in [3.8, 4) is 5.75 Å². The van der Waals surface area contributed by atoms with Gasteiger partial charge in [0, 0.05) is 18.7 Å². The van der Waals surface area contributed by atoms with Crippen molar-refractivity contribution in [3.63, 3.8) is 0 Å². The van der Waals surface area contributed by atoms with E-state index in [9.17, 15) is 4.79 Å². The Balaban J connectivity index is 2.85. The summed E-state index contributed by atoms with van der Waals surface area (Å²) in [5.41, 5.74) is 1.56. The molecule has 0 saturated heterocycles. The van der Waals surface area contributed by atoms with E-state index in [1.807, 2.05) is 13.0 Å². The minimum atomic E-state index is -0.113. The topological polar surface area (TPSA) is 47.6 Å². The molecule has 1 N–H and O–H groups in total. The summed E-state index contributed by atoms with van der Waals surface area (Å²) in [5.74, 6) is 0.652. The maximum absolute atomic E-state index is 12.1. The Morgan fingerprint density at radius 3 is 2.79 bits per heavy atom. The van der Waals surface area contributed by atoms with Gasteiger partial charge in [-0.15, -0.1) is 6.58 Å². The molecular weight excluding hydrogens is 242 g/mol. The molecule has 0 bridgehead atoms. The summed E-state index contributed by atoms with van der Waals surface area (Å²) < 4.78 is 10.2. The van der Waals surface area contributed by atoms with Crippen molar-refractivity contribution in [2.75, 3.05) is 20.8 Å². The van der Waals surface area contributed by atoms with Gasteiger partial charge in [0.25, 0.3) is 5.91 Å². The Kier molecular flexibility index (Phi) is 6.09. The molecule has 4 nitrogen and oxygen atoms in total. The van der Waals surface area contributed by atoms with Crippen LogP contribution in [0.2, 0.25) is 0 Å². The van der Waals surface area contributed by atoms with E-state index >= 15 is 0 Å². The van der Waals surface area contributed by atoms with Crippen molar-refractivity contribution in [2.45, 2.75) is 19.4 Å². The number of allylic oxidation sites excluding steroid dienone is 1. The molecule has 0 unspecified atom stereocenters. The van der Waals surface area contributed by atoms with Crippen LogP contribution in [0.5, 0.6) is 5.75 Å². The molecule has 0 aliphatic carbocycles. The fourth-order valence-electron chi connectivity index (χ4n) is 1.83. The molecule has 104 valence electrons. The third kappa shape index (κ3) is 4.41. The van der Waals surface area contributed by atoms with Gasteiger partial charge in [0.15, 0.2) is 0 Å². The van der Waals surface area contributed by atoms with Gasteiger partial charge >= 0.3 is 0 Å². The predicted molar refractivity (Wildman–Crippen MR) is 75.7 cm³/mol. The zero-order valence-electron chi connectivity index (χ0n) is 11.7. The normalized spacial score (nSPS) is 11.7. The Labute approximate surface area is 114 Å². The zero-order chi connectivity index (χ0) is 14.3. The Morgan fingerprint density at radius 2 is 2.21 bits per heavy atom. The van der Waals surface area contributed by atoms with Crippen LogP contribution in [0.15, 0.2) is 30.9 Å². The van der Waals surface area contributed by atoms with Gasteiger partial charge in [0.2, 0.25) is 0 Å². The lowest BCUT2D eigenvalue weighted by atomic mass is 10.1. The summed E-state index contributed by atoms with van der Waals surface area (Å²) in [5, 5.41) is 2.87. The third-order valence-corrected chi connectivity index (χ3v) is 2.70. The van der Waals surface area contributed by atoms with Crippen molar-refractivity contribution in [1.82, 2.24) is 5.32 Å². The zero-order valence-corrected chi connectivity index (χ0v) is 11.7. The van der Waals surface area contributed by atoms with Crippen LogP contribution in [0.3, 0.4) is 0 Å². The van der Waals surface area contributed by atoms with Crippen molar-refractivity contribution in [2.24, 2.45) is 0 Å². The number of methoxy groups -OCH3 is 2. The van der Waals surface area contributed by atoms with E-state index in [-0.39, 0.29) is 11.9 Å². The molecule has 1 rings (SSSR count). The molecule has 0 aliphatic rings. The van der Waals surface area contributed by atoms with E-state index < -0.39 is 0 Å². The summed E-state index contributed by atoms with van der Waals surface area (Å²) in [7, 11) is 3.22. The highest BCUT2D eigenvalue weighted by Crippen LogP contribution is 2.20. The lowest BCUT2D eigenvalue weighted by Crippen LogP contribution is -2.35. The standard InChI is InChI=1S/C15H21NO3/c1-5-6-12-9-13(7-8-14(12)19-4)15(17)16-11(2)10-18-3/h5,7-9,11H,1,6,10H2,2-4H3,(H,16,17)/t11-/m1/s1. The molecule has 1 aromatic rings. The summed E-state index contributed by atoms with van der Waals surface area (Å²) in [6.07, 6.45) is 2.45. The lowest BCUT2D eigenvalue weighted by molar-refractivity contribution is 0.0905. The van der Waals surface area contributed by atoms with Crippen LogP contribution < -0.4 is 10.1 Å². The van der Waals surface area contributed by atoms with E-state index in [0.717, 1.165) is 11.3 Å². The minimum Gasteiger partial charge on any atom is -0.496 e. The summed E-state index contributed by atoms with van der Waals surface area (Å²) >= 11 is 0. The Bertz CT molecular complexity index is 443. The fraction of sp³-hybridized carbons (Fsp3) is 0.400. The third-order valence-electron chi connectivity index (χ3n) is 2.70. The first-order valence-electron chi connectivity index (χ1n) is 6.20. The van der Waals surface area contributed by atoms with Gasteiger partial charge in [0.1, 0.15) is 5.75 Å². The molecule has 0 fully saturated rings. The van der Waals surface area contributed by atoms with Crippen LogP contribution in [0.4, 0.5) is 0 Å². The lowest BCUT2D eigenvalue weighted by Gasteiger charge is -2.14. The maximum atomic E-state index is 12.1. The van der Waals surface area contributed by atoms with Crippen LogP contribution in [0, 0.1) is 0 Å². The molecule has 1 aromatic carbocycles. The highest BCUT2D eigenvalue weighted by Gasteiger charge is 2.12. The van der Waals surface area contributed by atoms with Crippen molar-refractivity contribution in [1.29, 1.82) is 0 Å². The van der Waals surface area contributed by atoms with Crippen LogP contribution >= 0.6 is 0 Å². The molecule has 1 atom stereocenters. The number of hydrogen-bond donors (Lipinski definition) is 1. The Hall–Kier alpha value is -1.81. The molecule has 19 heavy (non-hydrogen) atoms. The van der Waals surface area contributed by atoms with E-state index in [2.05, 4.69) is 11.9 Å². The van der Waals surface area contributed by atoms with E-state index in [1.165, 1.54) is 0 Å². The van der Waals surface area contributed by atoms with Gasteiger partial charge in [-0.2, -0.15) is 0 Å². The molecule has 0 radical (unpaired) electrons. The number of carbonyl (C=O) groups excluding carboxylic acids is 1. The first kappa shape index (κ1) is 15.2. The molecule has 0 aromatic heterocycles. The van der Waals surface area contributed by atoms with Gasteiger partial charge in [-0.3, -0.25) is 4.79 Å². The molecule has 0 aliphatic heterocycles. The van der Waals surface area contributed by atoms with Crippen LogP contribution in [-0.4, -0.2) is 32.8 Å². The number of hydrogen-bond acceptors (Lipinski definition) is 3. The SMILES string of the molecule is C=CCc1cc(C(=O)N[C@H](C)COC)ccc1OC. The molecule has 4 heteroatoms. The van der Waals surface area contributed by atoms with Gasteiger partial charge in [0.05, 0.1) is 13.7 Å². The molecule has 1 amide bonds. The molecule has 0 spiro atoms. The highest BCUT2D eigenvalue weighted by molar-refractivity contribution is 5.94. The van der Waals surface area contributed by atoms with E-state index in [4.69, 9.17) is 9.47 Å². The first-order chi connectivity index (χ1) is 9.12. The maximum Gasteiger partial charge on any atom is 0.251 e. The van der Waals surface area contributed by atoms with E-state index in [0.29, 0.717) is 18.6 Å². The van der Waals surface area contributed by atoms with Crippen LogP contribution in [0.25, 0.3) is 0 Å². The summed E-state index contributed by atoms with van der Waals surface area (Å²) in [4.78, 5) is 12.1. The Morgan fingerprint density at radius 1 is 1.47 bits per heavy atom. The second kappa shape index (κ2) is 7.59. The number of benzene rings is 1. The number of nitrogens with one attached hydrogen (secondary N) is 1. The number of amides is 1. The van der Waals surface area contributed by atoms with E-state index in [1.54, 1.807) is 32.4 Å². The van der Waals surface area contributed by atoms with Crippen molar-refractivity contribution in [3.05, 3.63) is 42.0 Å².